The van der Waals surface area contributed by atoms with Crippen LogP contribution in [0.15, 0.2) is 48.7 Å². The van der Waals surface area contributed by atoms with Gasteiger partial charge in [0.15, 0.2) is 0 Å². The van der Waals surface area contributed by atoms with E-state index in [9.17, 15) is 25.2 Å². The molecule has 1 fully saturated rings. The topological polar surface area (TPSA) is 145 Å². The summed E-state index contributed by atoms with van der Waals surface area (Å²) >= 11 is 0. The molecule has 1 saturated heterocycles. The molecule has 36 heavy (non-hydrogen) atoms. The monoisotopic (exact) mass is 499 g/mol. The highest BCUT2D eigenvalue weighted by Gasteiger charge is 2.52. The normalized spacial score (nSPS) is 15.2. The zero-order valence-electron chi connectivity index (χ0n) is 20.9. The zero-order chi connectivity index (χ0) is 26.5. The van der Waals surface area contributed by atoms with Crippen molar-refractivity contribution in [3.05, 3.63) is 65.4 Å². The van der Waals surface area contributed by atoms with Crippen LogP contribution in [0.4, 0.5) is 0 Å². The molecule has 0 saturated carbocycles. The van der Waals surface area contributed by atoms with Gasteiger partial charge in [-0.1, -0.05) is 12.1 Å². The Morgan fingerprint density at radius 3 is 2.31 bits per heavy atom. The van der Waals surface area contributed by atoms with Crippen LogP contribution in [0, 0.1) is 6.92 Å². The SMILES string of the molecule is CN1CCC1.COc1ccc(C)c(C(=O)NC(O)(c2cc(OC)cc3ncccc23)C(O)(O)CO)c1. The number of hydrogen-bond donors (Lipinski definition) is 5. The van der Waals surface area contributed by atoms with Crippen LogP contribution in [0.25, 0.3) is 10.9 Å². The van der Waals surface area contributed by atoms with Crippen molar-refractivity contribution in [3.63, 3.8) is 0 Å². The molecule has 2 heterocycles. The smallest absolute Gasteiger partial charge is 0.254 e. The van der Waals surface area contributed by atoms with E-state index < -0.39 is 24.0 Å². The fourth-order valence-corrected chi connectivity index (χ4v) is 3.75. The van der Waals surface area contributed by atoms with Gasteiger partial charge in [-0.15, -0.1) is 0 Å². The maximum Gasteiger partial charge on any atom is 0.254 e. The molecule has 0 radical (unpaired) electrons. The van der Waals surface area contributed by atoms with Crippen molar-refractivity contribution in [3.8, 4) is 11.5 Å². The molecule has 194 valence electrons. The Hall–Kier alpha value is -3.28. The predicted molar refractivity (Wildman–Crippen MR) is 134 cm³/mol. The first-order valence-electron chi connectivity index (χ1n) is 11.4. The van der Waals surface area contributed by atoms with Crippen LogP contribution < -0.4 is 14.8 Å². The van der Waals surface area contributed by atoms with Gasteiger partial charge in [0.25, 0.3) is 5.91 Å². The second kappa shape index (κ2) is 11.2. The van der Waals surface area contributed by atoms with Gasteiger partial charge in [0.05, 0.1) is 19.7 Å². The molecule has 0 spiro atoms. The molecule has 1 unspecified atom stereocenters. The average molecular weight is 500 g/mol. The first-order valence-corrected chi connectivity index (χ1v) is 11.4. The number of rotatable bonds is 7. The Morgan fingerprint density at radius 1 is 1.08 bits per heavy atom. The van der Waals surface area contributed by atoms with Gasteiger partial charge in [-0.25, -0.2) is 0 Å². The van der Waals surface area contributed by atoms with Crippen LogP contribution >= 0.6 is 0 Å². The maximum atomic E-state index is 13.1. The van der Waals surface area contributed by atoms with Crippen molar-refractivity contribution in [2.45, 2.75) is 24.9 Å². The third kappa shape index (κ3) is 5.58. The highest BCUT2D eigenvalue weighted by atomic mass is 16.5. The Morgan fingerprint density at radius 2 is 1.75 bits per heavy atom. The number of fused-ring (bicyclic) bond motifs is 1. The van der Waals surface area contributed by atoms with Gasteiger partial charge in [0, 0.05) is 28.8 Å². The molecule has 1 aliphatic heterocycles. The van der Waals surface area contributed by atoms with Crippen LogP contribution in [0.1, 0.15) is 27.9 Å². The molecule has 10 heteroatoms. The molecule has 1 aromatic heterocycles. The number of ether oxygens (including phenoxy) is 2. The molecule has 1 amide bonds. The second-order valence-electron chi connectivity index (χ2n) is 8.72. The van der Waals surface area contributed by atoms with Crippen molar-refractivity contribution in [1.82, 2.24) is 15.2 Å². The minimum atomic E-state index is -3.15. The fourth-order valence-electron chi connectivity index (χ4n) is 3.75. The summed E-state index contributed by atoms with van der Waals surface area (Å²) in [4.78, 5) is 19.6. The Balaban J connectivity index is 0.000000642. The third-order valence-electron chi connectivity index (χ3n) is 6.18. The number of benzene rings is 2. The van der Waals surface area contributed by atoms with E-state index in [1.807, 2.05) is 0 Å². The van der Waals surface area contributed by atoms with Gasteiger partial charge < -0.3 is 40.1 Å². The molecular formula is C26H33N3O7. The summed E-state index contributed by atoms with van der Waals surface area (Å²) in [7, 11) is 4.97. The van der Waals surface area contributed by atoms with E-state index in [1.165, 1.54) is 52.1 Å². The van der Waals surface area contributed by atoms with Gasteiger partial charge >= 0.3 is 0 Å². The van der Waals surface area contributed by atoms with Crippen LogP contribution in [-0.4, -0.2) is 83.0 Å². The minimum Gasteiger partial charge on any atom is -0.497 e. The number of aryl methyl sites for hydroxylation is 1. The lowest BCUT2D eigenvalue weighted by Crippen LogP contribution is -2.64. The summed E-state index contributed by atoms with van der Waals surface area (Å²) in [6.45, 7) is 3.04. The van der Waals surface area contributed by atoms with Gasteiger partial charge in [-0.3, -0.25) is 9.78 Å². The molecule has 4 rings (SSSR count). The third-order valence-corrected chi connectivity index (χ3v) is 6.18. The summed E-state index contributed by atoms with van der Waals surface area (Å²) < 4.78 is 10.4. The average Bonchev–Trinajstić information content (AvgIpc) is 2.87. The molecule has 0 bridgehead atoms. The number of hydrogen-bond acceptors (Lipinski definition) is 9. The van der Waals surface area contributed by atoms with Crippen LogP contribution in [0.5, 0.6) is 11.5 Å². The first kappa shape index (κ1) is 27.3. The van der Waals surface area contributed by atoms with Gasteiger partial charge in [-0.05, 0) is 63.3 Å². The Kier molecular flexibility index (Phi) is 8.49. The quantitative estimate of drug-likeness (QED) is 0.302. The standard InChI is InChI=1S/C22H24N2O7.C4H9N/c1-13-6-7-14(30-2)9-17(13)20(26)24-22(29,21(27,28)12-25)18-10-15(31-3)11-19-16(18)5-4-8-23-19;1-5-3-2-4-5/h4-11,25,27-29H,12H2,1-3H3,(H,24,26);2-4H2,1H3. The molecule has 1 aliphatic rings. The van der Waals surface area contributed by atoms with Crippen LogP contribution in [0.3, 0.4) is 0 Å². The molecule has 0 aliphatic carbocycles. The van der Waals surface area contributed by atoms with Gasteiger partial charge in [0.2, 0.25) is 11.5 Å². The highest BCUT2D eigenvalue weighted by molar-refractivity contribution is 5.97. The number of amides is 1. The van der Waals surface area contributed by atoms with E-state index in [2.05, 4.69) is 22.2 Å². The highest BCUT2D eigenvalue weighted by Crippen LogP contribution is 2.37. The summed E-state index contributed by atoms with van der Waals surface area (Å²) in [5, 5.41) is 44.8. The molecule has 2 aromatic carbocycles. The fraction of sp³-hybridized carbons (Fsp3) is 0.385. The molecule has 3 aromatic rings. The summed E-state index contributed by atoms with van der Waals surface area (Å²) in [6, 6.07) is 10.8. The summed E-state index contributed by atoms with van der Waals surface area (Å²) in [6.07, 6.45) is 2.93. The lowest BCUT2D eigenvalue weighted by atomic mass is 9.89. The molecule has 10 nitrogen and oxygen atoms in total. The van der Waals surface area contributed by atoms with Gasteiger partial charge in [-0.2, -0.15) is 0 Å². The lowest BCUT2D eigenvalue weighted by molar-refractivity contribution is -0.302. The van der Waals surface area contributed by atoms with Gasteiger partial charge in [0.1, 0.15) is 18.1 Å². The number of aliphatic hydroxyl groups excluding tert-OH is 1. The summed E-state index contributed by atoms with van der Waals surface area (Å²) in [5.41, 5.74) is -1.89. The zero-order valence-corrected chi connectivity index (χ0v) is 20.9. The van der Waals surface area contributed by atoms with E-state index >= 15 is 0 Å². The van der Waals surface area contributed by atoms with E-state index in [0.717, 1.165) is 0 Å². The van der Waals surface area contributed by atoms with Crippen molar-refractivity contribution in [1.29, 1.82) is 0 Å². The maximum absolute atomic E-state index is 13.1. The Labute approximate surface area is 209 Å². The molecule has 5 N–H and O–H groups in total. The number of nitrogens with zero attached hydrogens (tertiary/aromatic N) is 2. The van der Waals surface area contributed by atoms with Crippen molar-refractivity contribution >= 4 is 16.8 Å². The number of pyridine rings is 1. The number of likely N-dealkylation sites (tertiary alicyclic amines) is 1. The number of nitrogens with one attached hydrogen (secondary N) is 1. The van der Waals surface area contributed by atoms with E-state index in [-0.39, 0.29) is 16.9 Å². The Bertz CT molecular complexity index is 1210. The van der Waals surface area contributed by atoms with Crippen molar-refractivity contribution < 1.29 is 34.7 Å². The number of carbonyl (C=O) groups is 1. The summed E-state index contributed by atoms with van der Waals surface area (Å²) in [5.74, 6) is -3.32. The number of carbonyl (C=O) groups excluding carboxylic acids is 1. The molecular weight excluding hydrogens is 466 g/mol. The number of aliphatic hydroxyl groups is 4. The van der Waals surface area contributed by atoms with E-state index in [1.54, 1.807) is 37.3 Å². The first-order chi connectivity index (χ1) is 17.1. The minimum absolute atomic E-state index is 0.122. The van der Waals surface area contributed by atoms with Crippen LogP contribution in [-0.2, 0) is 5.72 Å². The lowest BCUT2D eigenvalue weighted by Gasteiger charge is -2.39. The van der Waals surface area contributed by atoms with E-state index in [4.69, 9.17) is 9.47 Å². The van der Waals surface area contributed by atoms with Crippen molar-refractivity contribution in [2.75, 3.05) is 41.0 Å². The number of aromatic nitrogens is 1. The van der Waals surface area contributed by atoms with Crippen LogP contribution in [0.2, 0.25) is 0 Å². The largest absolute Gasteiger partial charge is 0.497 e. The van der Waals surface area contributed by atoms with E-state index in [0.29, 0.717) is 22.2 Å². The predicted octanol–water partition coefficient (Wildman–Crippen LogP) is 1.13. The second-order valence-corrected chi connectivity index (χ2v) is 8.72. The molecule has 1 atom stereocenters. The van der Waals surface area contributed by atoms with Crippen molar-refractivity contribution in [2.24, 2.45) is 0 Å². The number of methoxy groups -OCH3 is 2.